The first-order valence-electron chi connectivity index (χ1n) is 11.0. The molecular weight excluding hydrogens is 368 g/mol. The largest absolute Gasteiger partial charge is 0.464 e. The summed E-state index contributed by atoms with van der Waals surface area (Å²) in [6.45, 7) is 2.63. The second kappa shape index (κ2) is 10.5. The van der Waals surface area contributed by atoms with Crippen LogP contribution in [0.5, 0.6) is 0 Å². The molecule has 2 fully saturated rings. The highest BCUT2D eigenvalue weighted by Gasteiger charge is 2.45. The molecule has 1 aliphatic carbocycles. The molecular formula is C23H32N2O4. The van der Waals surface area contributed by atoms with Crippen LogP contribution in [0.1, 0.15) is 76.2 Å². The van der Waals surface area contributed by atoms with E-state index in [4.69, 9.17) is 4.74 Å². The Morgan fingerprint density at radius 1 is 1.17 bits per heavy atom. The average molecular weight is 401 g/mol. The van der Waals surface area contributed by atoms with Crippen LogP contribution in [0.15, 0.2) is 24.5 Å². The van der Waals surface area contributed by atoms with E-state index in [9.17, 15) is 14.4 Å². The average Bonchev–Trinajstić information content (AvgIpc) is 3.21. The summed E-state index contributed by atoms with van der Waals surface area (Å²) in [5.74, 6) is -0.983. The van der Waals surface area contributed by atoms with Crippen LogP contribution in [0.4, 0.5) is 0 Å². The molecule has 1 aromatic rings. The number of likely N-dealkylation sites (tertiary alicyclic amines) is 1. The summed E-state index contributed by atoms with van der Waals surface area (Å²) in [7, 11) is 0. The zero-order valence-electron chi connectivity index (χ0n) is 17.3. The SMILES string of the molecule is CCCOC(=O)[C@@H]1C(c2cccnc2)CCN1C(=O)C(=O)CCC1CCCCC1. The van der Waals surface area contributed by atoms with Gasteiger partial charge in [0.05, 0.1) is 6.61 Å². The lowest BCUT2D eigenvalue weighted by Gasteiger charge is -2.26. The van der Waals surface area contributed by atoms with E-state index in [1.165, 1.54) is 24.2 Å². The number of rotatable bonds is 8. The quantitative estimate of drug-likeness (QED) is 0.492. The Morgan fingerprint density at radius 3 is 2.66 bits per heavy atom. The number of carbonyl (C=O) groups is 3. The minimum Gasteiger partial charge on any atom is -0.464 e. The number of amides is 1. The highest BCUT2D eigenvalue weighted by molar-refractivity contribution is 6.36. The van der Waals surface area contributed by atoms with Gasteiger partial charge in [-0.25, -0.2) is 4.79 Å². The molecule has 2 heterocycles. The summed E-state index contributed by atoms with van der Waals surface area (Å²) < 4.78 is 5.38. The van der Waals surface area contributed by atoms with Crippen molar-refractivity contribution in [2.75, 3.05) is 13.2 Å². The summed E-state index contributed by atoms with van der Waals surface area (Å²) in [6.07, 6.45) is 11.8. The molecule has 0 bridgehead atoms. The molecule has 0 radical (unpaired) electrons. The molecule has 2 atom stereocenters. The van der Waals surface area contributed by atoms with Gasteiger partial charge < -0.3 is 9.64 Å². The van der Waals surface area contributed by atoms with Crippen molar-refractivity contribution in [2.45, 2.75) is 76.7 Å². The number of Topliss-reactive ketones (excluding diaryl/α,β-unsaturated/α-hetero) is 1. The highest BCUT2D eigenvalue weighted by atomic mass is 16.5. The molecule has 1 saturated carbocycles. The molecule has 0 spiro atoms. The predicted molar refractivity (Wildman–Crippen MR) is 109 cm³/mol. The van der Waals surface area contributed by atoms with Crippen molar-refractivity contribution in [1.82, 2.24) is 9.88 Å². The van der Waals surface area contributed by atoms with E-state index in [1.54, 1.807) is 12.4 Å². The second-order valence-electron chi connectivity index (χ2n) is 8.26. The first-order valence-corrected chi connectivity index (χ1v) is 11.0. The Kier molecular flexibility index (Phi) is 7.78. The minimum absolute atomic E-state index is 0.192. The zero-order chi connectivity index (χ0) is 20.6. The van der Waals surface area contributed by atoms with Crippen LogP contribution in [-0.4, -0.2) is 46.7 Å². The van der Waals surface area contributed by atoms with E-state index < -0.39 is 17.9 Å². The summed E-state index contributed by atoms with van der Waals surface area (Å²) in [5, 5.41) is 0. The molecule has 1 aromatic heterocycles. The third kappa shape index (κ3) is 5.43. The summed E-state index contributed by atoms with van der Waals surface area (Å²) >= 11 is 0. The fraction of sp³-hybridized carbons (Fsp3) is 0.652. The highest BCUT2D eigenvalue weighted by Crippen LogP contribution is 2.34. The number of pyridine rings is 1. The third-order valence-electron chi connectivity index (χ3n) is 6.20. The first-order chi connectivity index (χ1) is 14.1. The summed E-state index contributed by atoms with van der Waals surface area (Å²) in [6, 6.07) is 2.98. The molecule has 29 heavy (non-hydrogen) atoms. The summed E-state index contributed by atoms with van der Waals surface area (Å²) in [4.78, 5) is 44.0. The van der Waals surface area contributed by atoms with Crippen molar-refractivity contribution < 1.29 is 19.1 Å². The second-order valence-corrected chi connectivity index (χ2v) is 8.26. The van der Waals surface area contributed by atoms with Crippen LogP contribution in [-0.2, 0) is 19.1 Å². The fourth-order valence-electron chi connectivity index (χ4n) is 4.62. The normalized spacial score (nSPS) is 22.4. The van der Waals surface area contributed by atoms with Gasteiger partial charge in [-0.05, 0) is 36.8 Å². The Labute approximate surface area is 173 Å². The van der Waals surface area contributed by atoms with Crippen LogP contribution in [0.25, 0.3) is 0 Å². The number of ketones is 1. The molecule has 0 N–H and O–H groups in total. The number of carbonyl (C=O) groups excluding carboxylic acids is 3. The predicted octanol–water partition coefficient (Wildman–Crippen LogP) is 3.65. The smallest absolute Gasteiger partial charge is 0.329 e. The monoisotopic (exact) mass is 400 g/mol. The molecule has 1 aliphatic heterocycles. The topological polar surface area (TPSA) is 76.6 Å². The molecule has 6 nitrogen and oxygen atoms in total. The van der Waals surface area contributed by atoms with Crippen molar-refractivity contribution in [3.8, 4) is 0 Å². The van der Waals surface area contributed by atoms with E-state index >= 15 is 0 Å². The van der Waals surface area contributed by atoms with E-state index in [1.807, 2.05) is 19.1 Å². The van der Waals surface area contributed by atoms with Gasteiger partial charge in [-0.2, -0.15) is 0 Å². The third-order valence-corrected chi connectivity index (χ3v) is 6.20. The van der Waals surface area contributed by atoms with Gasteiger partial charge >= 0.3 is 5.97 Å². The van der Waals surface area contributed by atoms with Gasteiger partial charge in [0.25, 0.3) is 5.91 Å². The van der Waals surface area contributed by atoms with Crippen molar-refractivity contribution in [3.63, 3.8) is 0 Å². The van der Waals surface area contributed by atoms with E-state index in [0.29, 0.717) is 31.9 Å². The van der Waals surface area contributed by atoms with Gasteiger partial charge in [0.2, 0.25) is 5.78 Å². The lowest BCUT2D eigenvalue weighted by Crippen LogP contribution is -2.46. The number of ether oxygens (including phenoxy) is 1. The van der Waals surface area contributed by atoms with Crippen LogP contribution in [0, 0.1) is 5.92 Å². The number of esters is 1. The van der Waals surface area contributed by atoms with Gasteiger partial charge in [0, 0.05) is 31.3 Å². The lowest BCUT2D eigenvalue weighted by molar-refractivity contribution is -0.156. The number of aromatic nitrogens is 1. The van der Waals surface area contributed by atoms with Crippen LogP contribution in [0.3, 0.4) is 0 Å². The van der Waals surface area contributed by atoms with Crippen molar-refractivity contribution in [2.24, 2.45) is 5.92 Å². The molecule has 3 rings (SSSR count). The number of nitrogens with zero attached hydrogens (tertiary/aromatic N) is 2. The van der Waals surface area contributed by atoms with Gasteiger partial charge in [-0.3, -0.25) is 14.6 Å². The van der Waals surface area contributed by atoms with Gasteiger partial charge in [-0.15, -0.1) is 0 Å². The molecule has 2 aliphatic rings. The molecule has 158 valence electrons. The van der Waals surface area contributed by atoms with Gasteiger partial charge in [0.1, 0.15) is 6.04 Å². The Hall–Kier alpha value is -2.24. The van der Waals surface area contributed by atoms with E-state index in [0.717, 1.165) is 24.8 Å². The Morgan fingerprint density at radius 2 is 1.97 bits per heavy atom. The number of hydrogen-bond acceptors (Lipinski definition) is 5. The molecule has 1 amide bonds. The molecule has 1 unspecified atom stereocenters. The van der Waals surface area contributed by atoms with Crippen LogP contribution in [0.2, 0.25) is 0 Å². The Balaban J connectivity index is 1.68. The standard InChI is InChI=1S/C23H32N2O4/c1-2-15-29-23(28)21-19(18-9-6-13-24-16-18)12-14-25(21)22(27)20(26)11-10-17-7-4-3-5-8-17/h6,9,13,16-17,19,21H,2-5,7-8,10-12,14-15H2,1H3/t19?,21-/m0/s1. The maximum Gasteiger partial charge on any atom is 0.329 e. The maximum absolute atomic E-state index is 12.9. The molecule has 0 aromatic carbocycles. The Bertz CT molecular complexity index is 700. The van der Waals surface area contributed by atoms with Gasteiger partial charge in [-0.1, -0.05) is 45.1 Å². The summed E-state index contributed by atoms with van der Waals surface area (Å²) in [5.41, 5.74) is 0.899. The van der Waals surface area contributed by atoms with Crippen LogP contribution >= 0.6 is 0 Å². The van der Waals surface area contributed by atoms with Crippen molar-refractivity contribution in [1.29, 1.82) is 0 Å². The number of hydrogen-bond donors (Lipinski definition) is 0. The van der Waals surface area contributed by atoms with Crippen molar-refractivity contribution >= 4 is 17.7 Å². The maximum atomic E-state index is 12.9. The van der Waals surface area contributed by atoms with Gasteiger partial charge in [0.15, 0.2) is 0 Å². The van der Waals surface area contributed by atoms with Crippen LogP contribution < -0.4 is 0 Å². The van der Waals surface area contributed by atoms with Crippen molar-refractivity contribution in [3.05, 3.63) is 30.1 Å². The lowest BCUT2D eigenvalue weighted by atomic mass is 9.85. The first kappa shape index (κ1) is 21.5. The molecule has 1 saturated heterocycles. The van der Waals surface area contributed by atoms with E-state index in [2.05, 4.69) is 4.98 Å². The fourth-order valence-corrected chi connectivity index (χ4v) is 4.62. The van der Waals surface area contributed by atoms with E-state index in [-0.39, 0.29) is 18.1 Å². The zero-order valence-corrected chi connectivity index (χ0v) is 17.3. The molecule has 6 heteroatoms. The minimum atomic E-state index is -0.753.